The summed E-state index contributed by atoms with van der Waals surface area (Å²) in [6.45, 7) is 3.69. The number of hydrogen-bond donors (Lipinski definition) is 1. The lowest BCUT2D eigenvalue weighted by atomic mass is 9.96. The Hall–Kier alpha value is -0.890. The van der Waals surface area contributed by atoms with Gasteiger partial charge in [-0.2, -0.15) is 0 Å². The molecule has 1 N–H and O–H groups in total. The summed E-state index contributed by atoms with van der Waals surface area (Å²) in [5.74, 6) is 1.39. The Balaban J connectivity index is 0.00000208. The van der Waals surface area contributed by atoms with Gasteiger partial charge in [0.05, 0.1) is 6.61 Å². The van der Waals surface area contributed by atoms with Crippen molar-refractivity contribution in [3.05, 3.63) is 35.6 Å². The Bertz CT molecular complexity index is 560. The van der Waals surface area contributed by atoms with Crippen LogP contribution in [0.5, 0.6) is 0 Å². The highest BCUT2D eigenvalue weighted by molar-refractivity contribution is 14.0. The summed E-state index contributed by atoms with van der Waals surface area (Å²) < 4.78 is 18.4. The molecule has 1 aromatic rings. The average Bonchev–Trinajstić information content (AvgIpc) is 3.21. The van der Waals surface area contributed by atoms with Gasteiger partial charge in [-0.05, 0) is 37.0 Å². The molecule has 1 aliphatic carbocycles. The number of methoxy groups -OCH3 is 1. The minimum absolute atomic E-state index is 0. The van der Waals surface area contributed by atoms with Gasteiger partial charge in [0.15, 0.2) is 5.96 Å². The monoisotopic (exact) mass is 447 g/mol. The van der Waals surface area contributed by atoms with Crippen molar-refractivity contribution in [3.8, 4) is 0 Å². The van der Waals surface area contributed by atoms with Crippen molar-refractivity contribution in [1.82, 2.24) is 10.2 Å². The molecule has 0 spiro atoms. The molecule has 24 heavy (non-hydrogen) atoms. The smallest absolute Gasteiger partial charge is 0.193 e. The van der Waals surface area contributed by atoms with E-state index in [-0.39, 0.29) is 35.2 Å². The molecule has 3 rings (SSSR count). The number of guanidine groups is 1. The molecule has 134 valence electrons. The van der Waals surface area contributed by atoms with Gasteiger partial charge in [0, 0.05) is 45.1 Å². The third-order valence-corrected chi connectivity index (χ3v) is 5.09. The molecule has 1 aliphatic heterocycles. The van der Waals surface area contributed by atoms with E-state index in [1.54, 1.807) is 19.2 Å². The number of likely N-dealkylation sites (tertiary alicyclic amines) is 1. The van der Waals surface area contributed by atoms with Gasteiger partial charge in [0.25, 0.3) is 0 Å². The molecule has 2 aliphatic rings. The predicted octanol–water partition coefficient (Wildman–Crippen LogP) is 3.02. The number of hydrogen-bond acceptors (Lipinski definition) is 2. The first-order valence-corrected chi connectivity index (χ1v) is 8.37. The van der Waals surface area contributed by atoms with Crippen LogP contribution in [0.15, 0.2) is 29.3 Å². The molecule has 1 atom stereocenters. The number of nitrogens with zero attached hydrogens (tertiary/aromatic N) is 2. The van der Waals surface area contributed by atoms with Crippen molar-refractivity contribution in [2.75, 3.05) is 40.4 Å². The molecule has 1 saturated heterocycles. The average molecular weight is 447 g/mol. The van der Waals surface area contributed by atoms with E-state index < -0.39 is 0 Å². The largest absolute Gasteiger partial charge is 0.384 e. The van der Waals surface area contributed by atoms with Gasteiger partial charge in [-0.25, -0.2) is 4.39 Å². The van der Waals surface area contributed by atoms with Crippen LogP contribution in [0.4, 0.5) is 4.39 Å². The Kier molecular flexibility index (Phi) is 6.86. The standard InChI is InChI=1S/C18H26FN3O.HI/c1-20-17(22-10-7-14(11-22)12-23-2)21-13-18(8-9-18)15-3-5-16(19)6-4-15;/h3-6,14H,7-13H2,1-2H3,(H,20,21);1H. The highest BCUT2D eigenvalue weighted by Gasteiger charge is 2.44. The van der Waals surface area contributed by atoms with Gasteiger partial charge in [-0.15, -0.1) is 24.0 Å². The first-order valence-electron chi connectivity index (χ1n) is 8.37. The van der Waals surface area contributed by atoms with E-state index in [1.165, 1.54) is 5.56 Å². The van der Waals surface area contributed by atoms with E-state index in [0.717, 1.165) is 51.5 Å². The van der Waals surface area contributed by atoms with Crippen molar-refractivity contribution >= 4 is 29.9 Å². The Labute approximate surface area is 160 Å². The van der Waals surface area contributed by atoms with Crippen LogP contribution in [0.2, 0.25) is 0 Å². The van der Waals surface area contributed by atoms with Crippen LogP contribution in [0.3, 0.4) is 0 Å². The van der Waals surface area contributed by atoms with E-state index >= 15 is 0 Å². The number of aliphatic imine (C=N–C) groups is 1. The Morgan fingerprint density at radius 1 is 1.38 bits per heavy atom. The molecular weight excluding hydrogens is 420 g/mol. The van der Waals surface area contributed by atoms with Crippen molar-refractivity contribution in [2.45, 2.75) is 24.7 Å². The van der Waals surface area contributed by atoms with E-state index in [0.29, 0.717) is 5.92 Å². The maximum atomic E-state index is 13.1. The van der Waals surface area contributed by atoms with E-state index in [1.807, 2.05) is 19.2 Å². The molecule has 0 amide bonds. The first kappa shape index (κ1) is 19.4. The molecule has 1 unspecified atom stereocenters. The van der Waals surface area contributed by atoms with Crippen LogP contribution in [0.25, 0.3) is 0 Å². The van der Waals surface area contributed by atoms with Gasteiger partial charge < -0.3 is 15.0 Å². The Morgan fingerprint density at radius 3 is 2.67 bits per heavy atom. The van der Waals surface area contributed by atoms with Crippen molar-refractivity contribution in [3.63, 3.8) is 0 Å². The molecule has 0 aromatic heterocycles. The lowest BCUT2D eigenvalue weighted by Crippen LogP contribution is -2.43. The van der Waals surface area contributed by atoms with Crippen LogP contribution in [-0.2, 0) is 10.2 Å². The summed E-state index contributed by atoms with van der Waals surface area (Å²) in [7, 11) is 3.60. The highest BCUT2D eigenvalue weighted by Crippen LogP contribution is 2.47. The van der Waals surface area contributed by atoms with Crippen molar-refractivity contribution in [1.29, 1.82) is 0 Å². The molecule has 1 aromatic carbocycles. The minimum Gasteiger partial charge on any atom is -0.384 e. The second kappa shape index (κ2) is 8.47. The van der Waals surface area contributed by atoms with E-state index in [2.05, 4.69) is 15.2 Å². The normalized spacial score (nSPS) is 22.2. The second-order valence-electron chi connectivity index (χ2n) is 6.74. The first-order chi connectivity index (χ1) is 11.2. The quantitative estimate of drug-likeness (QED) is 0.429. The number of nitrogens with one attached hydrogen (secondary N) is 1. The summed E-state index contributed by atoms with van der Waals surface area (Å²) in [5, 5.41) is 3.53. The fraction of sp³-hybridized carbons (Fsp3) is 0.611. The van der Waals surface area contributed by atoms with Gasteiger partial charge in [-0.3, -0.25) is 4.99 Å². The third-order valence-electron chi connectivity index (χ3n) is 5.09. The van der Waals surface area contributed by atoms with Gasteiger partial charge in [0.2, 0.25) is 0 Å². The SMILES string of the molecule is CN=C(NCC1(c2ccc(F)cc2)CC1)N1CCC(COC)C1.I. The summed E-state index contributed by atoms with van der Waals surface area (Å²) in [4.78, 5) is 6.74. The molecule has 6 heteroatoms. The van der Waals surface area contributed by atoms with Gasteiger partial charge in [-0.1, -0.05) is 12.1 Å². The van der Waals surface area contributed by atoms with E-state index in [4.69, 9.17) is 4.74 Å². The zero-order chi connectivity index (χ0) is 16.3. The van der Waals surface area contributed by atoms with Crippen LogP contribution >= 0.6 is 24.0 Å². The fourth-order valence-corrected chi connectivity index (χ4v) is 3.50. The Morgan fingerprint density at radius 2 is 2.08 bits per heavy atom. The van der Waals surface area contributed by atoms with Crippen molar-refractivity contribution in [2.24, 2.45) is 10.9 Å². The zero-order valence-electron chi connectivity index (χ0n) is 14.4. The number of ether oxygens (including phenoxy) is 1. The van der Waals surface area contributed by atoms with Crippen molar-refractivity contribution < 1.29 is 9.13 Å². The minimum atomic E-state index is -0.172. The summed E-state index contributed by atoms with van der Waals surface area (Å²) in [5.41, 5.74) is 1.37. The second-order valence-corrected chi connectivity index (χ2v) is 6.74. The summed E-state index contributed by atoms with van der Waals surface area (Å²) >= 11 is 0. The van der Waals surface area contributed by atoms with Gasteiger partial charge >= 0.3 is 0 Å². The fourth-order valence-electron chi connectivity index (χ4n) is 3.50. The third kappa shape index (κ3) is 4.39. The molecule has 4 nitrogen and oxygen atoms in total. The van der Waals surface area contributed by atoms with Crippen LogP contribution in [0.1, 0.15) is 24.8 Å². The molecule has 0 bridgehead atoms. The van der Waals surface area contributed by atoms with Gasteiger partial charge in [0.1, 0.15) is 5.82 Å². The van der Waals surface area contributed by atoms with E-state index in [9.17, 15) is 4.39 Å². The van der Waals surface area contributed by atoms with Crippen LogP contribution in [0, 0.1) is 11.7 Å². The molecule has 0 radical (unpaired) electrons. The molecule has 1 saturated carbocycles. The van der Waals surface area contributed by atoms with Crippen LogP contribution < -0.4 is 5.32 Å². The lowest BCUT2D eigenvalue weighted by molar-refractivity contribution is 0.157. The maximum absolute atomic E-state index is 13.1. The zero-order valence-corrected chi connectivity index (χ0v) is 16.8. The lowest BCUT2D eigenvalue weighted by Gasteiger charge is -2.24. The highest BCUT2D eigenvalue weighted by atomic mass is 127. The molecule has 1 heterocycles. The number of halogens is 2. The summed E-state index contributed by atoms with van der Waals surface area (Å²) in [6.07, 6.45) is 3.45. The summed E-state index contributed by atoms with van der Waals surface area (Å²) in [6, 6.07) is 6.94. The molecule has 2 fully saturated rings. The number of benzene rings is 1. The van der Waals surface area contributed by atoms with Crippen LogP contribution in [-0.4, -0.2) is 51.3 Å². The maximum Gasteiger partial charge on any atom is 0.193 e. The number of rotatable bonds is 5. The predicted molar refractivity (Wildman–Crippen MR) is 106 cm³/mol. The molecular formula is C18H27FIN3O. The topological polar surface area (TPSA) is 36.9 Å².